The molecule has 0 bridgehead atoms. The molecule has 0 amide bonds. The van der Waals surface area contributed by atoms with Crippen molar-refractivity contribution in [1.82, 2.24) is 19.6 Å². The predicted octanol–water partition coefficient (Wildman–Crippen LogP) is 4.09. The lowest BCUT2D eigenvalue weighted by atomic mass is 9.94. The summed E-state index contributed by atoms with van der Waals surface area (Å²) in [6.07, 6.45) is 8.70. The third kappa shape index (κ3) is 3.86. The van der Waals surface area contributed by atoms with Gasteiger partial charge in [-0.3, -0.25) is 9.58 Å². The number of hydrogen-bond donors (Lipinski definition) is 0. The fraction of sp³-hybridized carbons (Fsp3) is 0.591. The van der Waals surface area contributed by atoms with E-state index < -0.39 is 0 Å². The van der Waals surface area contributed by atoms with Gasteiger partial charge >= 0.3 is 0 Å². The summed E-state index contributed by atoms with van der Waals surface area (Å²) < 4.78 is 2.11. The van der Waals surface area contributed by atoms with Crippen LogP contribution in [0.4, 0.5) is 0 Å². The van der Waals surface area contributed by atoms with Crippen LogP contribution in [0.15, 0.2) is 30.5 Å². The number of aryl methyl sites for hydroxylation is 1. The summed E-state index contributed by atoms with van der Waals surface area (Å²) in [4.78, 5) is 4.91. The van der Waals surface area contributed by atoms with Crippen molar-refractivity contribution in [3.63, 3.8) is 0 Å². The maximum Gasteiger partial charge on any atom is 0.0537 e. The molecule has 0 N–H and O–H groups in total. The Morgan fingerprint density at radius 3 is 2.54 bits per heavy atom. The predicted molar refractivity (Wildman–Crippen MR) is 106 cm³/mol. The Balaban J connectivity index is 1.51. The standard InChI is InChI=1S/C22H32N4/c1-24(2)15-17-7-9-18(10-8-17)21-6-4-5-13-26(21)16-20-14-23-25(3)22(20)19-11-12-19/h7-10,14,19,21H,4-6,11-13,15-16H2,1-3H3/t21-/m1/s1. The zero-order valence-corrected chi connectivity index (χ0v) is 16.5. The van der Waals surface area contributed by atoms with Crippen LogP contribution in [0.25, 0.3) is 0 Å². The Hall–Kier alpha value is -1.65. The summed E-state index contributed by atoms with van der Waals surface area (Å²) in [6.45, 7) is 3.25. The molecule has 1 atom stereocenters. The number of benzene rings is 1. The molecule has 2 fully saturated rings. The summed E-state index contributed by atoms with van der Waals surface area (Å²) in [5.74, 6) is 0.756. The van der Waals surface area contributed by atoms with Crippen LogP contribution in [0.3, 0.4) is 0 Å². The molecular formula is C22H32N4. The van der Waals surface area contributed by atoms with E-state index in [-0.39, 0.29) is 0 Å². The molecule has 1 saturated carbocycles. The number of hydrogen-bond acceptors (Lipinski definition) is 3. The molecule has 140 valence electrons. The molecule has 0 unspecified atom stereocenters. The van der Waals surface area contributed by atoms with Crippen molar-refractivity contribution in [2.24, 2.45) is 7.05 Å². The van der Waals surface area contributed by atoms with Gasteiger partial charge in [-0.05, 0) is 57.5 Å². The Kier molecular flexibility index (Phi) is 5.14. The third-order valence-corrected chi connectivity index (χ3v) is 5.88. The average Bonchev–Trinajstić information content (AvgIpc) is 3.39. The van der Waals surface area contributed by atoms with Gasteiger partial charge in [0.25, 0.3) is 0 Å². The van der Waals surface area contributed by atoms with Crippen LogP contribution in [0.2, 0.25) is 0 Å². The first kappa shape index (κ1) is 17.7. The summed E-state index contributed by atoms with van der Waals surface area (Å²) >= 11 is 0. The Morgan fingerprint density at radius 2 is 1.85 bits per heavy atom. The van der Waals surface area contributed by atoms with Crippen molar-refractivity contribution in [3.05, 3.63) is 52.8 Å². The van der Waals surface area contributed by atoms with Crippen LogP contribution in [0.1, 0.15) is 66.4 Å². The fourth-order valence-corrected chi connectivity index (χ4v) is 4.48. The van der Waals surface area contributed by atoms with Crippen molar-refractivity contribution in [3.8, 4) is 0 Å². The van der Waals surface area contributed by atoms with Crippen molar-refractivity contribution in [2.75, 3.05) is 20.6 Å². The lowest BCUT2D eigenvalue weighted by molar-refractivity contribution is 0.140. The Morgan fingerprint density at radius 1 is 1.08 bits per heavy atom. The number of piperidine rings is 1. The zero-order chi connectivity index (χ0) is 18.1. The highest BCUT2D eigenvalue weighted by Crippen LogP contribution is 2.42. The molecule has 1 aromatic heterocycles. The number of nitrogens with zero attached hydrogens (tertiary/aromatic N) is 4. The van der Waals surface area contributed by atoms with Crippen molar-refractivity contribution in [1.29, 1.82) is 0 Å². The first-order valence-corrected chi connectivity index (χ1v) is 10.1. The molecule has 26 heavy (non-hydrogen) atoms. The summed E-state index contributed by atoms with van der Waals surface area (Å²) in [5.41, 5.74) is 5.80. The number of aromatic nitrogens is 2. The zero-order valence-electron chi connectivity index (χ0n) is 16.5. The lowest BCUT2D eigenvalue weighted by Crippen LogP contribution is -2.33. The second kappa shape index (κ2) is 7.53. The van der Waals surface area contributed by atoms with Crippen molar-refractivity contribution >= 4 is 0 Å². The van der Waals surface area contributed by atoms with E-state index in [0.29, 0.717) is 6.04 Å². The van der Waals surface area contributed by atoms with Gasteiger partial charge in [0, 0.05) is 43.4 Å². The van der Waals surface area contributed by atoms with Crippen molar-refractivity contribution in [2.45, 2.75) is 57.2 Å². The van der Waals surface area contributed by atoms with Crippen molar-refractivity contribution < 1.29 is 0 Å². The van der Waals surface area contributed by atoms with E-state index in [1.165, 1.54) is 61.0 Å². The first-order valence-electron chi connectivity index (χ1n) is 10.1. The van der Waals surface area contributed by atoms with E-state index in [1.807, 2.05) is 0 Å². The molecule has 0 spiro atoms. The highest BCUT2D eigenvalue weighted by Gasteiger charge is 2.31. The van der Waals surface area contributed by atoms with Gasteiger partial charge in [-0.2, -0.15) is 5.10 Å². The number of likely N-dealkylation sites (tertiary alicyclic amines) is 1. The van der Waals surface area contributed by atoms with E-state index in [9.17, 15) is 0 Å². The van der Waals surface area contributed by atoms with Gasteiger partial charge in [0.2, 0.25) is 0 Å². The molecular weight excluding hydrogens is 320 g/mol. The average molecular weight is 353 g/mol. The second-order valence-electron chi connectivity index (χ2n) is 8.41. The fourth-order valence-electron chi connectivity index (χ4n) is 4.48. The molecule has 4 nitrogen and oxygen atoms in total. The van der Waals surface area contributed by atoms with Gasteiger partial charge in [-0.1, -0.05) is 30.7 Å². The van der Waals surface area contributed by atoms with Crippen LogP contribution in [0.5, 0.6) is 0 Å². The van der Waals surface area contributed by atoms with E-state index in [1.54, 1.807) is 0 Å². The molecule has 0 radical (unpaired) electrons. The van der Waals surface area contributed by atoms with Gasteiger partial charge in [-0.25, -0.2) is 0 Å². The number of rotatable bonds is 6. The molecule has 1 saturated heterocycles. The van der Waals surface area contributed by atoms with Crippen LogP contribution >= 0.6 is 0 Å². The Labute approximate surface area is 157 Å². The quantitative estimate of drug-likeness (QED) is 0.783. The van der Waals surface area contributed by atoms with Crippen LogP contribution < -0.4 is 0 Å². The minimum atomic E-state index is 0.546. The van der Waals surface area contributed by atoms with E-state index in [2.05, 4.69) is 71.2 Å². The van der Waals surface area contributed by atoms with E-state index in [0.717, 1.165) is 19.0 Å². The van der Waals surface area contributed by atoms with Crippen LogP contribution in [-0.2, 0) is 20.1 Å². The smallest absolute Gasteiger partial charge is 0.0537 e. The van der Waals surface area contributed by atoms with E-state index >= 15 is 0 Å². The third-order valence-electron chi connectivity index (χ3n) is 5.88. The minimum absolute atomic E-state index is 0.546. The van der Waals surface area contributed by atoms with Gasteiger partial charge in [0.05, 0.1) is 6.20 Å². The van der Waals surface area contributed by atoms with Gasteiger partial charge in [0.15, 0.2) is 0 Å². The highest BCUT2D eigenvalue weighted by atomic mass is 15.3. The summed E-state index contributed by atoms with van der Waals surface area (Å²) in [7, 11) is 6.36. The summed E-state index contributed by atoms with van der Waals surface area (Å²) in [6, 6.07) is 9.87. The van der Waals surface area contributed by atoms with E-state index in [4.69, 9.17) is 0 Å². The second-order valence-corrected chi connectivity index (χ2v) is 8.41. The molecule has 2 heterocycles. The van der Waals surface area contributed by atoms with Gasteiger partial charge in [0.1, 0.15) is 0 Å². The molecule has 2 aromatic rings. The minimum Gasteiger partial charge on any atom is -0.305 e. The highest BCUT2D eigenvalue weighted by molar-refractivity contribution is 5.28. The monoisotopic (exact) mass is 352 g/mol. The van der Waals surface area contributed by atoms with Crippen LogP contribution in [-0.4, -0.2) is 40.2 Å². The van der Waals surface area contributed by atoms with Crippen LogP contribution in [0, 0.1) is 0 Å². The largest absolute Gasteiger partial charge is 0.305 e. The molecule has 1 aromatic carbocycles. The SMILES string of the molecule is CN(C)Cc1ccc([C@H]2CCCCN2Cc2cnn(C)c2C2CC2)cc1. The molecule has 4 rings (SSSR count). The molecule has 1 aliphatic heterocycles. The van der Waals surface area contributed by atoms with Gasteiger partial charge in [-0.15, -0.1) is 0 Å². The Bertz CT molecular complexity index is 727. The first-order chi connectivity index (χ1) is 12.6. The lowest BCUT2D eigenvalue weighted by Gasteiger charge is -2.36. The molecule has 1 aliphatic carbocycles. The normalized spacial score (nSPS) is 21.5. The topological polar surface area (TPSA) is 24.3 Å². The summed E-state index contributed by atoms with van der Waals surface area (Å²) in [5, 5.41) is 4.57. The molecule has 4 heteroatoms. The maximum absolute atomic E-state index is 4.57. The molecule has 2 aliphatic rings. The maximum atomic E-state index is 4.57. The van der Waals surface area contributed by atoms with Gasteiger partial charge < -0.3 is 4.90 Å².